The van der Waals surface area contributed by atoms with Gasteiger partial charge in [0.1, 0.15) is 28.6 Å². The van der Waals surface area contributed by atoms with Crippen LogP contribution >= 0.6 is 11.8 Å². The number of nitrogens with zero attached hydrogens (tertiary/aromatic N) is 3. The van der Waals surface area contributed by atoms with E-state index in [2.05, 4.69) is 6.07 Å². The highest BCUT2D eigenvalue weighted by Gasteiger charge is 2.30. The molecule has 0 saturated heterocycles. The fourth-order valence-electron chi connectivity index (χ4n) is 3.04. The van der Waals surface area contributed by atoms with E-state index in [9.17, 15) is 15.3 Å². The second-order valence-electron chi connectivity index (χ2n) is 6.57. The van der Waals surface area contributed by atoms with Gasteiger partial charge in [-0.3, -0.25) is 4.90 Å². The van der Waals surface area contributed by atoms with Crippen LogP contribution in [0.1, 0.15) is 18.1 Å². The fourth-order valence-corrected chi connectivity index (χ4v) is 4.08. The number of rotatable bonds is 4. The molecule has 0 bridgehead atoms. The molecule has 6 nitrogen and oxygen atoms in total. The number of carbonyl (C=O) groups is 1. The van der Waals surface area contributed by atoms with Crippen molar-refractivity contribution in [3.8, 4) is 12.1 Å². The number of anilines is 1. The van der Waals surface area contributed by atoms with E-state index in [-0.39, 0.29) is 28.6 Å². The molecule has 0 atom stereocenters. The van der Waals surface area contributed by atoms with Crippen LogP contribution in [0, 0.1) is 29.6 Å². The molecule has 0 aromatic heterocycles. The summed E-state index contributed by atoms with van der Waals surface area (Å²) in [4.78, 5) is 14.1. The van der Waals surface area contributed by atoms with Gasteiger partial charge in [-0.2, -0.15) is 10.5 Å². The molecule has 0 spiro atoms. The van der Waals surface area contributed by atoms with Gasteiger partial charge in [-0.15, -0.1) is 0 Å². The molecule has 0 unspecified atom stereocenters. The highest BCUT2D eigenvalue weighted by Crippen LogP contribution is 2.41. The summed E-state index contributed by atoms with van der Waals surface area (Å²) in [6.45, 7) is 3.75. The number of aryl methyl sites for hydroxylation is 1. The van der Waals surface area contributed by atoms with E-state index < -0.39 is 5.97 Å². The molecular formula is C24H20N4O2S. The number of esters is 1. The summed E-state index contributed by atoms with van der Waals surface area (Å²) < 4.78 is 5.09. The van der Waals surface area contributed by atoms with Crippen LogP contribution in [0.5, 0.6) is 0 Å². The number of nitriles is 2. The number of hydrogen-bond acceptors (Lipinski definition) is 7. The maximum atomic E-state index is 12.5. The smallest absolute Gasteiger partial charge is 0.351 e. The van der Waals surface area contributed by atoms with E-state index in [4.69, 9.17) is 10.5 Å². The van der Waals surface area contributed by atoms with Crippen LogP contribution in [0.2, 0.25) is 0 Å². The minimum atomic E-state index is -0.743. The van der Waals surface area contributed by atoms with Crippen molar-refractivity contribution in [2.45, 2.75) is 13.8 Å². The first-order valence-corrected chi connectivity index (χ1v) is 10.4. The summed E-state index contributed by atoms with van der Waals surface area (Å²) in [5, 5.41) is 21.8. The first kappa shape index (κ1) is 21.8. The molecule has 0 amide bonds. The van der Waals surface area contributed by atoms with Gasteiger partial charge in [0.25, 0.3) is 0 Å². The molecule has 0 aliphatic carbocycles. The first-order chi connectivity index (χ1) is 15.0. The van der Waals surface area contributed by atoms with Crippen molar-refractivity contribution < 1.29 is 9.53 Å². The normalized spacial score (nSPS) is 15.4. The summed E-state index contributed by atoms with van der Waals surface area (Å²) >= 11 is 1.15. The Labute approximate surface area is 185 Å². The van der Waals surface area contributed by atoms with E-state index >= 15 is 0 Å². The van der Waals surface area contributed by atoms with Gasteiger partial charge >= 0.3 is 5.97 Å². The third-order valence-corrected chi connectivity index (χ3v) is 5.52. The molecule has 2 N–H and O–H groups in total. The number of nitrogens with two attached hydrogens (primary N) is 1. The molecule has 1 aliphatic heterocycles. The number of benzene rings is 2. The zero-order valence-corrected chi connectivity index (χ0v) is 17.9. The van der Waals surface area contributed by atoms with Crippen LogP contribution in [-0.4, -0.2) is 12.6 Å². The lowest BCUT2D eigenvalue weighted by molar-refractivity contribution is -0.138. The predicted molar refractivity (Wildman–Crippen MR) is 122 cm³/mol. The van der Waals surface area contributed by atoms with Gasteiger partial charge < -0.3 is 10.5 Å². The Morgan fingerprint density at radius 2 is 1.81 bits per heavy atom. The Morgan fingerprint density at radius 3 is 2.39 bits per heavy atom. The van der Waals surface area contributed by atoms with Gasteiger partial charge in [0, 0.05) is 11.3 Å². The molecule has 7 heteroatoms. The van der Waals surface area contributed by atoms with Gasteiger partial charge in [-0.25, -0.2) is 4.79 Å². The van der Waals surface area contributed by atoms with Crippen LogP contribution in [0.25, 0.3) is 5.57 Å². The molecule has 0 fully saturated rings. The van der Waals surface area contributed by atoms with E-state index in [1.807, 2.05) is 67.6 Å². The molecule has 1 aliphatic rings. The number of allylic oxidation sites excluding steroid dienone is 2. The average molecular weight is 429 g/mol. The van der Waals surface area contributed by atoms with Gasteiger partial charge in [0.15, 0.2) is 5.57 Å². The van der Waals surface area contributed by atoms with Crippen LogP contribution < -0.4 is 10.6 Å². The molecule has 2 aromatic rings. The first-order valence-electron chi connectivity index (χ1n) is 9.52. The monoisotopic (exact) mass is 428 g/mol. The second-order valence-corrected chi connectivity index (χ2v) is 7.43. The van der Waals surface area contributed by atoms with Crippen molar-refractivity contribution in [3.05, 3.63) is 93.1 Å². The number of carbonyl (C=O) groups excluding carboxylic acids is 1. The SMILES string of the molecule is CCOC(=O)/C(C#N)=C1/SC=C(c2ccccc2)C(C#N)=C(N)N1c1ccc(C)cc1. The van der Waals surface area contributed by atoms with Crippen molar-refractivity contribution in [2.75, 3.05) is 11.5 Å². The Hall–Kier alpha value is -3.94. The topological polar surface area (TPSA) is 103 Å². The molecule has 2 aromatic carbocycles. The zero-order chi connectivity index (χ0) is 22.4. The quantitative estimate of drug-likeness (QED) is 0.432. The summed E-state index contributed by atoms with van der Waals surface area (Å²) in [5.74, 6) is -0.619. The third-order valence-electron chi connectivity index (χ3n) is 4.55. The maximum absolute atomic E-state index is 12.5. The largest absolute Gasteiger partial charge is 0.462 e. The highest BCUT2D eigenvalue weighted by atomic mass is 32.2. The van der Waals surface area contributed by atoms with Gasteiger partial charge in [0.05, 0.1) is 6.61 Å². The van der Waals surface area contributed by atoms with E-state index in [0.717, 1.165) is 22.9 Å². The number of ether oxygens (including phenoxy) is 1. The van der Waals surface area contributed by atoms with Gasteiger partial charge in [-0.05, 0) is 37.0 Å². The predicted octanol–water partition coefficient (Wildman–Crippen LogP) is 4.58. The minimum absolute atomic E-state index is 0.124. The third kappa shape index (κ3) is 4.48. The Balaban J connectivity index is 2.32. The van der Waals surface area contributed by atoms with E-state index in [1.165, 1.54) is 0 Å². The van der Waals surface area contributed by atoms with Crippen molar-refractivity contribution in [3.63, 3.8) is 0 Å². The molecule has 31 heavy (non-hydrogen) atoms. The van der Waals surface area contributed by atoms with Crippen LogP contribution in [0.15, 0.2) is 82.0 Å². The molecule has 0 radical (unpaired) electrons. The minimum Gasteiger partial charge on any atom is -0.462 e. The molecule has 0 saturated carbocycles. The fraction of sp³-hybridized carbons (Fsp3) is 0.125. The lowest BCUT2D eigenvalue weighted by atomic mass is 10.00. The maximum Gasteiger partial charge on any atom is 0.351 e. The number of hydrogen-bond donors (Lipinski definition) is 1. The van der Waals surface area contributed by atoms with Crippen molar-refractivity contribution in [1.82, 2.24) is 0 Å². The molecular weight excluding hydrogens is 408 g/mol. The Kier molecular flexibility index (Phi) is 6.81. The van der Waals surface area contributed by atoms with Crippen molar-refractivity contribution >= 4 is 29.0 Å². The van der Waals surface area contributed by atoms with Crippen LogP contribution in [0.3, 0.4) is 0 Å². The van der Waals surface area contributed by atoms with Gasteiger partial charge in [0.2, 0.25) is 0 Å². The zero-order valence-electron chi connectivity index (χ0n) is 17.1. The standard InChI is InChI=1S/C24H20N4O2S/c1-3-30-24(29)20(14-26)23-28(18-11-9-16(2)10-12-18)22(27)19(13-25)21(15-31-23)17-7-5-4-6-8-17/h4-12,15H,3,27H2,1-2H3/b23-20+. The molecule has 3 rings (SSSR count). The van der Waals surface area contributed by atoms with Crippen molar-refractivity contribution in [2.24, 2.45) is 5.73 Å². The summed E-state index contributed by atoms with van der Waals surface area (Å²) in [6.07, 6.45) is 0. The summed E-state index contributed by atoms with van der Waals surface area (Å²) in [5.41, 5.74) is 9.65. The Morgan fingerprint density at radius 1 is 1.13 bits per heavy atom. The number of thioether (sulfide) groups is 1. The van der Waals surface area contributed by atoms with Crippen LogP contribution in [-0.2, 0) is 9.53 Å². The van der Waals surface area contributed by atoms with E-state index in [0.29, 0.717) is 11.3 Å². The summed E-state index contributed by atoms with van der Waals surface area (Å²) in [6, 6.07) is 20.9. The van der Waals surface area contributed by atoms with Crippen molar-refractivity contribution in [1.29, 1.82) is 10.5 Å². The van der Waals surface area contributed by atoms with Gasteiger partial charge in [-0.1, -0.05) is 59.8 Å². The molecule has 154 valence electrons. The van der Waals surface area contributed by atoms with E-state index in [1.54, 1.807) is 17.2 Å². The molecule has 1 heterocycles. The Bertz CT molecular complexity index is 1170. The van der Waals surface area contributed by atoms with Crippen LogP contribution in [0.4, 0.5) is 5.69 Å². The lowest BCUT2D eigenvalue weighted by Gasteiger charge is -2.26. The second kappa shape index (κ2) is 9.71. The highest BCUT2D eigenvalue weighted by molar-refractivity contribution is 8.06. The summed E-state index contributed by atoms with van der Waals surface area (Å²) in [7, 11) is 0. The lowest BCUT2D eigenvalue weighted by Crippen LogP contribution is -2.29. The average Bonchev–Trinajstić information content (AvgIpc) is 2.92.